The van der Waals surface area contributed by atoms with Crippen LogP contribution in [0.15, 0.2) is 47.4 Å². The molecule has 0 aliphatic rings. The Balaban J connectivity index is 2.34. The molecule has 1 N–H and O–H groups in total. The molecule has 0 saturated heterocycles. The van der Waals surface area contributed by atoms with Gasteiger partial charge in [0, 0.05) is 5.02 Å². The third-order valence-corrected chi connectivity index (χ3v) is 5.65. The maximum absolute atomic E-state index is 12.6. The van der Waals surface area contributed by atoms with E-state index in [-0.39, 0.29) is 4.90 Å². The van der Waals surface area contributed by atoms with Crippen LogP contribution in [0.3, 0.4) is 0 Å². The molecule has 2 aromatic carbocycles. The van der Waals surface area contributed by atoms with Crippen molar-refractivity contribution >= 4 is 21.6 Å². The van der Waals surface area contributed by atoms with E-state index in [1.807, 2.05) is 45.9 Å². The number of nitrogens with one attached hydrogen (secondary N) is 1. The smallest absolute Gasteiger partial charge is 0.207 e. The molecule has 0 unspecified atom stereocenters. The van der Waals surface area contributed by atoms with Gasteiger partial charge in [-0.15, -0.1) is 0 Å². The predicted molar refractivity (Wildman–Crippen MR) is 90.7 cm³/mol. The number of hydrogen-bond donors (Lipinski definition) is 1. The second kappa shape index (κ2) is 6.03. The largest absolute Gasteiger partial charge is 0.241 e. The molecule has 0 atom stereocenters. The Morgan fingerprint density at radius 3 is 2.09 bits per heavy atom. The van der Waals surface area contributed by atoms with Crippen LogP contribution in [0.4, 0.5) is 0 Å². The highest BCUT2D eigenvalue weighted by Gasteiger charge is 2.28. The van der Waals surface area contributed by atoms with Crippen molar-refractivity contribution in [2.75, 3.05) is 0 Å². The van der Waals surface area contributed by atoms with E-state index in [1.54, 1.807) is 24.3 Å². The Labute approximate surface area is 137 Å². The SMILES string of the molecule is Cc1ccc(S(=O)(=O)NC(C)(C)c2ccc(Cl)cc2)cc1C. The molecule has 0 radical (unpaired) electrons. The molecule has 3 nitrogen and oxygen atoms in total. The van der Waals surface area contributed by atoms with Gasteiger partial charge >= 0.3 is 0 Å². The van der Waals surface area contributed by atoms with Gasteiger partial charge in [0.1, 0.15) is 0 Å². The first-order chi connectivity index (χ1) is 10.1. The second-order valence-corrected chi connectivity index (χ2v) is 8.10. The maximum Gasteiger partial charge on any atom is 0.241 e. The van der Waals surface area contributed by atoms with Crippen molar-refractivity contribution in [1.82, 2.24) is 4.72 Å². The van der Waals surface area contributed by atoms with Crippen molar-refractivity contribution in [1.29, 1.82) is 0 Å². The van der Waals surface area contributed by atoms with Crippen molar-refractivity contribution in [3.8, 4) is 0 Å². The fourth-order valence-corrected chi connectivity index (χ4v) is 3.81. The molecule has 0 bridgehead atoms. The third kappa shape index (κ3) is 3.69. The molecule has 118 valence electrons. The van der Waals surface area contributed by atoms with Crippen molar-refractivity contribution in [3.63, 3.8) is 0 Å². The van der Waals surface area contributed by atoms with E-state index >= 15 is 0 Å². The summed E-state index contributed by atoms with van der Waals surface area (Å²) in [4.78, 5) is 0.276. The Morgan fingerprint density at radius 2 is 1.55 bits per heavy atom. The van der Waals surface area contributed by atoms with Crippen LogP contribution in [0.1, 0.15) is 30.5 Å². The van der Waals surface area contributed by atoms with Crippen LogP contribution >= 0.6 is 11.6 Å². The Bertz CT molecular complexity index is 781. The first-order valence-corrected chi connectivity index (χ1v) is 8.85. The highest BCUT2D eigenvalue weighted by atomic mass is 35.5. The summed E-state index contributed by atoms with van der Waals surface area (Å²) in [6, 6.07) is 12.3. The minimum absolute atomic E-state index is 0.276. The molecule has 0 spiro atoms. The average Bonchev–Trinajstić information content (AvgIpc) is 2.41. The lowest BCUT2D eigenvalue weighted by molar-refractivity contribution is 0.472. The minimum atomic E-state index is -3.60. The van der Waals surface area contributed by atoms with Gasteiger partial charge in [-0.1, -0.05) is 29.8 Å². The molecule has 5 heteroatoms. The molecule has 0 aliphatic heterocycles. The van der Waals surface area contributed by atoms with Gasteiger partial charge in [-0.25, -0.2) is 13.1 Å². The van der Waals surface area contributed by atoms with E-state index in [2.05, 4.69) is 4.72 Å². The molecule has 0 fully saturated rings. The highest BCUT2D eigenvalue weighted by molar-refractivity contribution is 7.89. The first kappa shape index (κ1) is 17.0. The van der Waals surface area contributed by atoms with Gasteiger partial charge in [-0.05, 0) is 68.7 Å². The Morgan fingerprint density at radius 1 is 0.955 bits per heavy atom. The fraction of sp³-hybridized carbons (Fsp3) is 0.294. The summed E-state index contributed by atoms with van der Waals surface area (Å²) < 4.78 is 28.0. The Kier molecular flexibility index (Phi) is 4.66. The van der Waals surface area contributed by atoms with Crippen LogP contribution in [-0.4, -0.2) is 8.42 Å². The minimum Gasteiger partial charge on any atom is -0.207 e. The summed E-state index contributed by atoms with van der Waals surface area (Å²) in [5, 5.41) is 0.622. The van der Waals surface area contributed by atoms with E-state index in [1.165, 1.54) is 0 Å². The highest BCUT2D eigenvalue weighted by Crippen LogP contribution is 2.25. The van der Waals surface area contributed by atoms with Crippen LogP contribution in [0.25, 0.3) is 0 Å². The van der Waals surface area contributed by atoms with E-state index in [4.69, 9.17) is 11.6 Å². The van der Waals surface area contributed by atoms with Crippen molar-refractivity contribution in [2.24, 2.45) is 0 Å². The van der Waals surface area contributed by atoms with E-state index in [0.29, 0.717) is 5.02 Å². The monoisotopic (exact) mass is 337 g/mol. The van der Waals surface area contributed by atoms with E-state index in [9.17, 15) is 8.42 Å². The number of halogens is 1. The predicted octanol–water partition coefficient (Wildman–Crippen LogP) is 4.17. The van der Waals surface area contributed by atoms with E-state index in [0.717, 1.165) is 16.7 Å². The lowest BCUT2D eigenvalue weighted by atomic mass is 9.96. The normalized spacial score (nSPS) is 12.4. The van der Waals surface area contributed by atoms with Gasteiger partial charge in [0.25, 0.3) is 0 Å². The number of hydrogen-bond acceptors (Lipinski definition) is 2. The molecule has 2 rings (SSSR count). The summed E-state index contributed by atoms with van der Waals surface area (Å²) in [5.74, 6) is 0. The molecule has 0 aliphatic carbocycles. The van der Waals surface area contributed by atoms with Gasteiger partial charge < -0.3 is 0 Å². The number of sulfonamides is 1. The van der Waals surface area contributed by atoms with Crippen molar-refractivity contribution in [3.05, 3.63) is 64.2 Å². The third-order valence-electron chi connectivity index (χ3n) is 3.74. The Hall–Kier alpha value is -1.36. The molecule has 22 heavy (non-hydrogen) atoms. The van der Waals surface area contributed by atoms with Crippen molar-refractivity contribution < 1.29 is 8.42 Å². The molecular formula is C17H20ClNO2S. The first-order valence-electron chi connectivity index (χ1n) is 6.99. The topological polar surface area (TPSA) is 46.2 Å². The van der Waals surface area contributed by atoms with Gasteiger partial charge in [0.05, 0.1) is 10.4 Å². The summed E-state index contributed by atoms with van der Waals surface area (Å²) in [5.41, 5.74) is 2.13. The summed E-state index contributed by atoms with van der Waals surface area (Å²) >= 11 is 5.88. The molecule has 0 aromatic heterocycles. The zero-order valence-electron chi connectivity index (χ0n) is 13.1. The molecular weight excluding hydrogens is 318 g/mol. The maximum atomic E-state index is 12.6. The van der Waals surface area contributed by atoms with Crippen LogP contribution in [0.2, 0.25) is 5.02 Å². The average molecular weight is 338 g/mol. The van der Waals surface area contributed by atoms with Crippen molar-refractivity contribution in [2.45, 2.75) is 38.1 Å². The lowest BCUT2D eigenvalue weighted by Crippen LogP contribution is -2.40. The van der Waals surface area contributed by atoms with Crippen LogP contribution in [-0.2, 0) is 15.6 Å². The molecule has 0 saturated carbocycles. The van der Waals surface area contributed by atoms with Crippen LogP contribution < -0.4 is 4.72 Å². The lowest BCUT2D eigenvalue weighted by Gasteiger charge is -2.26. The van der Waals surface area contributed by atoms with E-state index < -0.39 is 15.6 Å². The zero-order chi connectivity index (χ0) is 16.5. The summed E-state index contributed by atoms with van der Waals surface area (Å²) in [6.07, 6.45) is 0. The summed E-state index contributed by atoms with van der Waals surface area (Å²) in [6.45, 7) is 7.51. The zero-order valence-corrected chi connectivity index (χ0v) is 14.7. The number of rotatable bonds is 4. The fourth-order valence-electron chi connectivity index (χ4n) is 2.20. The van der Waals surface area contributed by atoms with Gasteiger partial charge in [-0.2, -0.15) is 0 Å². The van der Waals surface area contributed by atoms with Gasteiger partial charge in [0.15, 0.2) is 0 Å². The number of benzene rings is 2. The molecule has 0 amide bonds. The van der Waals surface area contributed by atoms with Gasteiger partial charge in [0.2, 0.25) is 10.0 Å². The summed E-state index contributed by atoms with van der Waals surface area (Å²) in [7, 11) is -3.60. The van der Waals surface area contributed by atoms with Crippen LogP contribution in [0, 0.1) is 13.8 Å². The standard InChI is InChI=1S/C17H20ClNO2S/c1-12-5-10-16(11-13(12)2)22(20,21)19-17(3,4)14-6-8-15(18)9-7-14/h5-11,19H,1-4H3. The van der Waals surface area contributed by atoms with Gasteiger partial charge in [-0.3, -0.25) is 0 Å². The van der Waals surface area contributed by atoms with Crippen LogP contribution in [0.5, 0.6) is 0 Å². The molecule has 2 aromatic rings. The number of aryl methyl sites for hydroxylation is 2. The quantitative estimate of drug-likeness (QED) is 0.910. The molecule has 0 heterocycles. The second-order valence-electron chi connectivity index (χ2n) is 5.98.